The second-order valence-corrected chi connectivity index (χ2v) is 10.9. The molecule has 1 heterocycles. The van der Waals surface area contributed by atoms with Gasteiger partial charge in [0.05, 0.1) is 0 Å². The van der Waals surface area contributed by atoms with Crippen molar-refractivity contribution in [2.24, 2.45) is 0 Å². The van der Waals surface area contributed by atoms with Crippen LogP contribution in [0, 0.1) is 13.8 Å². The fraction of sp³-hybridized carbons (Fsp3) is 0.600. The second kappa shape index (κ2) is 13.4. The summed E-state index contributed by atoms with van der Waals surface area (Å²) in [6.45, 7) is 18.2. The lowest BCUT2D eigenvalue weighted by Crippen LogP contribution is -2.51. The fourth-order valence-corrected chi connectivity index (χ4v) is 5.01. The Kier molecular flexibility index (Phi) is 10.6. The van der Waals surface area contributed by atoms with E-state index < -0.39 is 12.2 Å². The highest BCUT2D eigenvalue weighted by Gasteiger charge is 2.21. The van der Waals surface area contributed by atoms with Gasteiger partial charge in [-0.15, -0.1) is 0 Å². The first-order valence-electron chi connectivity index (χ1n) is 13.4. The van der Waals surface area contributed by atoms with Crippen LogP contribution in [-0.4, -0.2) is 84.7 Å². The lowest BCUT2D eigenvalue weighted by molar-refractivity contribution is 0.0240. The Balaban J connectivity index is 1.34. The molecule has 0 bridgehead atoms. The maximum absolute atomic E-state index is 10.5. The average Bonchev–Trinajstić information content (AvgIpc) is 2.82. The van der Waals surface area contributed by atoms with Gasteiger partial charge in [-0.3, -0.25) is 9.80 Å². The van der Waals surface area contributed by atoms with Gasteiger partial charge >= 0.3 is 0 Å². The number of β-amino-alcohol motifs (C(OH)–C–C–N with tert-alkyl or cyclic N) is 2. The van der Waals surface area contributed by atoms with Crippen molar-refractivity contribution in [3.63, 3.8) is 0 Å². The summed E-state index contributed by atoms with van der Waals surface area (Å²) in [4.78, 5) is 4.53. The number of aliphatic hydroxyl groups is 2. The molecule has 6 heteroatoms. The normalized spacial score (nSPS) is 16.9. The molecule has 2 aromatic carbocycles. The molecular weight excluding hydrogens is 452 g/mol. The average molecular weight is 499 g/mol. The summed E-state index contributed by atoms with van der Waals surface area (Å²) in [6, 6.07) is 12.3. The Morgan fingerprint density at radius 3 is 1.33 bits per heavy atom. The van der Waals surface area contributed by atoms with Crippen LogP contribution in [0.25, 0.3) is 0 Å². The van der Waals surface area contributed by atoms with Crippen molar-refractivity contribution in [2.45, 2.75) is 65.6 Å². The summed E-state index contributed by atoms with van der Waals surface area (Å²) in [7, 11) is 0. The predicted molar refractivity (Wildman–Crippen MR) is 146 cm³/mol. The number of hydrogen-bond donors (Lipinski definition) is 2. The molecule has 2 N–H and O–H groups in total. The van der Waals surface area contributed by atoms with E-state index in [1.807, 2.05) is 12.1 Å². The minimum absolute atomic E-state index is 0.286. The largest absolute Gasteiger partial charge is 0.491 e. The molecule has 0 amide bonds. The van der Waals surface area contributed by atoms with E-state index in [0.29, 0.717) is 24.9 Å². The minimum atomic E-state index is -0.536. The van der Waals surface area contributed by atoms with Gasteiger partial charge in [-0.25, -0.2) is 0 Å². The van der Waals surface area contributed by atoms with Crippen LogP contribution in [0.2, 0.25) is 0 Å². The second-order valence-electron chi connectivity index (χ2n) is 10.9. The molecule has 3 rings (SSSR count). The third-order valence-electron chi connectivity index (χ3n) is 7.01. The summed E-state index contributed by atoms with van der Waals surface area (Å²) in [5, 5.41) is 21.0. The number of piperazine rings is 1. The maximum Gasteiger partial charge on any atom is 0.119 e. The first kappa shape index (κ1) is 28.5. The molecule has 0 unspecified atom stereocenters. The molecular formula is C30H46N2O4. The van der Waals surface area contributed by atoms with Gasteiger partial charge in [-0.05, 0) is 72.2 Å². The molecule has 1 fully saturated rings. The van der Waals surface area contributed by atoms with Crippen molar-refractivity contribution in [2.75, 3.05) is 52.5 Å². The fourth-order valence-electron chi connectivity index (χ4n) is 5.01. The molecule has 0 aliphatic carbocycles. The third kappa shape index (κ3) is 8.48. The van der Waals surface area contributed by atoms with Crippen molar-refractivity contribution < 1.29 is 19.7 Å². The SMILES string of the molecule is Cc1cc(OC[C@@H](O)CN2CCN(C[C@@H](O)COc3ccc(C(C)C)c(C)c3)CC2)ccc1C(C)C. The molecule has 1 aliphatic heterocycles. The first-order valence-corrected chi connectivity index (χ1v) is 13.4. The quantitative estimate of drug-likeness (QED) is 0.454. The zero-order valence-corrected chi connectivity index (χ0v) is 23.0. The molecule has 2 atom stereocenters. The van der Waals surface area contributed by atoms with Crippen LogP contribution in [-0.2, 0) is 0 Å². The molecule has 0 aromatic heterocycles. The molecule has 1 aliphatic rings. The summed E-state index contributed by atoms with van der Waals surface area (Å²) >= 11 is 0. The number of aryl methyl sites for hydroxylation is 2. The summed E-state index contributed by atoms with van der Waals surface area (Å²) in [5.74, 6) is 2.59. The molecule has 36 heavy (non-hydrogen) atoms. The Morgan fingerprint density at radius 2 is 1.03 bits per heavy atom. The number of hydrogen-bond acceptors (Lipinski definition) is 6. The molecule has 200 valence electrons. The van der Waals surface area contributed by atoms with Crippen molar-refractivity contribution in [1.82, 2.24) is 9.80 Å². The van der Waals surface area contributed by atoms with Crippen molar-refractivity contribution in [3.8, 4) is 11.5 Å². The third-order valence-corrected chi connectivity index (χ3v) is 7.01. The van der Waals surface area contributed by atoms with E-state index in [1.165, 1.54) is 22.3 Å². The van der Waals surface area contributed by atoms with E-state index in [4.69, 9.17) is 9.47 Å². The standard InChI is InChI=1S/C30H46N2O4/c1-21(2)29-9-7-27(15-23(29)5)35-19-25(33)17-31-11-13-32(14-12-31)18-26(34)20-36-28-8-10-30(22(3)4)24(6)16-28/h7-10,15-16,21-22,25-26,33-34H,11-14,17-20H2,1-6H3/t25-,26+. The lowest BCUT2D eigenvalue weighted by Gasteiger charge is -2.36. The summed E-state index contributed by atoms with van der Waals surface area (Å²) < 4.78 is 11.7. The summed E-state index contributed by atoms with van der Waals surface area (Å²) in [6.07, 6.45) is -1.07. The summed E-state index contributed by atoms with van der Waals surface area (Å²) in [5.41, 5.74) is 5.10. The molecule has 1 saturated heterocycles. The highest BCUT2D eigenvalue weighted by atomic mass is 16.5. The topological polar surface area (TPSA) is 65.4 Å². The van der Waals surface area contributed by atoms with Crippen molar-refractivity contribution in [3.05, 3.63) is 58.7 Å². The highest BCUT2D eigenvalue weighted by molar-refractivity contribution is 5.37. The van der Waals surface area contributed by atoms with E-state index in [9.17, 15) is 10.2 Å². The van der Waals surface area contributed by atoms with Crippen LogP contribution in [0.5, 0.6) is 11.5 Å². The number of ether oxygens (including phenoxy) is 2. The zero-order valence-electron chi connectivity index (χ0n) is 23.0. The van der Waals surface area contributed by atoms with Crippen LogP contribution >= 0.6 is 0 Å². The van der Waals surface area contributed by atoms with Crippen LogP contribution < -0.4 is 9.47 Å². The van der Waals surface area contributed by atoms with Gasteiger partial charge < -0.3 is 19.7 Å². The van der Waals surface area contributed by atoms with Gasteiger partial charge in [0.2, 0.25) is 0 Å². The van der Waals surface area contributed by atoms with Gasteiger partial charge in [-0.2, -0.15) is 0 Å². The van der Waals surface area contributed by atoms with E-state index in [1.54, 1.807) is 0 Å². The van der Waals surface area contributed by atoms with E-state index in [-0.39, 0.29) is 13.2 Å². The van der Waals surface area contributed by atoms with Crippen molar-refractivity contribution >= 4 is 0 Å². The van der Waals surface area contributed by atoms with Gasteiger partial charge in [0.15, 0.2) is 0 Å². The number of nitrogens with zero attached hydrogens (tertiary/aromatic N) is 2. The number of rotatable bonds is 12. The Bertz CT molecular complexity index is 876. The highest BCUT2D eigenvalue weighted by Crippen LogP contribution is 2.24. The van der Waals surface area contributed by atoms with E-state index in [0.717, 1.165) is 37.7 Å². The van der Waals surface area contributed by atoms with Crippen LogP contribution in [0.3, 0.4) is 0 Å². The minimum Gasteiger partial charge on any atom is -0.491 e. The van der Waals surface area contributed by atoms with Gasteiger partial charge in [0, 0.05) is 39.3 Å². The molecule has 0 spiro atoms. The molecule has 0 saturated carbocycles. The van der Waals surface area contributed by atoms with Gasteiger partial charge in [0.1, 0.15) is 36.9 Å². The zero-order chi connectivity index (χ0) is 26.2. The Labute approximate surface area is 217 Å². The Hall–Kier alpha value is -2.12. The maximum atomic E-state index is 10.5. The number of aliphatic hydroxyl groups excluding tert-OH is 2. The smallest absolute Gasteiger partial charge is 0.119 e. The van der Waals surface area contributed by atoms with Crippen LogP contribution in [0.4, 0.5) is 0 Å². The lowest BCUT2D eigenvalue weighted by atomic mass is 9.98. The van der Waals surface area contributed by atoms with Crippen LogP contribution in [0.15, 0.2) is 36.4 Å². The van der Waals surface area contributed by atoms with Gasteiger partial charge in [-0.1, -0.05) is 39.8 Å². The molecule has 2 aromatic rings. The molecule has 0 radical (unpaired) electrons. The monoisotopic (exact) mass is 498 g/mol. The Morgan fingerprint density at radius 1 is 0.667 bits per heavy atom. The van der Waals surface area contributed by atoms with Gasteiger partial charge in [0.25, 0.3) is 0 Å². The number of benzene rings is 2. The van der Waals surface area contributed by atoms with Crippen molar-refractivity contribution in [1.29, 1.82) is 0 Å². The van der Waals surface area contributed by atoms with E-state index in [2.05, 4.69) is 75.6 Å². The van der Waals surface area contributed by atoms with Crippen LogP contribution in [0.1, 0.15) is 61.8 Å². The van der Waals surface area contributed by atoms with E-state index >= 15 is 0 Å². The first-order chi connectivity index (χ1) is 17.1. The molecule has 6 nitrogen and oxygen atoms in total. The predicted octanol–water partition coefficient (Wildman–Crippen LogP) is 4.35.